The molecule has 0 saturated heterocycles. The van der Waals surface area contributed by atoms with E-state index >= 15 is 0 Å². The minimum Gasteiger partial charge on any atom is -0.394 e. The zero-order valence-corrected chi connectivity index (χ0v) is 24.0. The van der Waals surface area contributed by atoms with E-state index in [2.05, 4.69) is 12.4 Å². The maximum Gasteiger partial charge on any atom is 2.00 e. The molecule has 200 valence electrons. The number of rotatable bonds is 6. The molecular formula is C33H24F2N4Pt. The molecular weight excluding hydrogens is 685 g/mol. The van der Waals surface area contributed by atoms with Crippen molar-refractivity contribution in [2.45, 2.75) is 19.3 Å². The Kier molecular flexibility index (Phi) is 7.64. The Balaban J connectivity index is 0.00000323. The SMILES string of the molecule is CC(C)(c1cccc(-c2[c-]n(-c3ccccc3)c(F)c2)n1)c1cccc(-c2[c-]n(-c3ccccc3)c(F)c2)n1.[Pt+2]. The van der Waals surface area contributed by atoms with Gasteiger partial charge in [0.05, 0.1) is 11.9 Å². The summed E-state index contributed by atoms with van der Waals surface area (Å²) in [6, 6.07) is 32.7. The number of hydrogen-bond donors (Lipinski definition) is 0. The molecule has 40 heavy (non-hydrogen) atoms. The molecule has 0 aliphatic rings. The minimum absolute atomic E-state index is 0. The van der Waals surface area contributed by atoms with Crippen LogP contribution in [0.1, 0.15) is 25.2 Å². The molecule has 6 rings (SSSR count). The summed E-state index contributed by atoms with van der Waals surface area (Å²) in [6.07, 6.45) is 6.21. The molecule has 2 aromatic carbocycles. The summed E-state index contributed by atoms with van der Waals surface area (Å²) < 4.78 is 32.3. The first kappa shape index (κ1) is 27.4. The Morgan fingerprint density at radius 3 is 1.38 bits per heavy atom. The van der Waals surface area contributed by atoms with Crippen molar-refractivity contribution in [1.29, 1.82) is 0 Å². The van der Waals surface area contributed by atoms with E-state index in [0.29, 0.717) is 33.9 Å². The third-order valence-corrected chi connectivity index (χ3v) is 6.78. The normalized spacial score (nSPS) is 11.3. The fourth-order valence-electron chi connectivity index (χ4n) is 4.57. The summed E-state index contributed by atoms with van der Waals surface area (Å²) in [5.41, 5.74) is 4.66. The van der Waals surface area contributed by atoms with E-state index < -0.39 is 17.3 Å². The van der Waals surface area contributed by atoms with E-state index in [-0.39, 0.29) is 21.1 Å². The molecule has 0 unspecified atom stereocenters. The summed E-state index contributed by atoms with van der Waals surface area (Å²) in [5, 5.41) is 0. The van der Waals surface area contributed by atoms with Gasteiger partial charge in [-0.15, -0.1) is 0 Å². The second-order valence-electron chi connectivity index (χ2n) is 9.77. The number of para-hydroxylation sites is 2. The minimum atomic E-state index is -0.590. The van der Waals surface area contributed by atoms with Crippen LogP contribution < -0.4 is 0 Å². The molecule has 0 aliphatic heterocycles. The number of pyridine rings is 2. The summed E-state index contributed by atoms with van der Waals surface area (Å²) in [5.74, 6) is -0.828. The van der Waals surface area contributed by atoms with E-state index in [1.807, 2.05) is 111 Å². The first-order chi connectivity index (χ1) is 18.9. The second kappa shape index (κ2) is 11.1. The Morgan fingerprint density at radius 2 is 0.975 bits per heavy atom. The Bertz CT molecular complexity index is 1630. The van der Waals surface area contributed by atoms with Crippen molar-refractivity contribution in [3.05, 3.63) is 145 Å². The Hall–Kier alpha value is -4.15. The molecule has 6 aromatic rings. The predicted molar refractivity (Wildman–Crippen MR) is 148 cm³/mol. The van der Waals surface area contributed by atoms with Gasteiger partial charge in [-0.25, -0.2) is 8.78 Å². The van der Waals surface area contributed by atoms with Crippen LogP contribution in [0.4, 0.5) is 8.78 Å². The van der Waals surface area contributed by atoms with E-state index in [1.54, 1.807) is 0 Å². The number of nitrogens with zero attached hydrogens (tertiary/aromatic N) is 4. The molecule has 0 N–H and O–H groups in total. The van der Waals surface area contributed by atoms with Crippen molar-refractivity contribution in [1.82, 2.24) is 19.1 Å². The molecule has 0 saturated carbocycles. The second-order valence-corrected chi connectivity index (χ2v) is 9.77. The van der Waals surface area contributed by atoms with Crippen LogP contribution in [0.5, 0.6) is 0 Å². The molecule has 4 nitrogen and oxygen atoms in total. The molecule has 7 heteroatoms. The Morgan fingerprint density at radius 1 is 0.575 bits per heavy atom. The van der Waals surface area contributed by atoms with Crippen molar-refractivity contribution < 1.29 is 29.8 Å². The van der Waals surface area contributed by atoms with Crippen LogP contribution in [-0.2, 0) is 26.5 Å². The third-order valence-electron chi connectivity index (χ3n) is 6.78. The molecule has 0 bridgehead atoms. The standard InChI is InChI=1S/C33H24F2N4.Pt/c1-33(2,29-17-9-15-27(36-29)23-19-31(34)38(21-23)25-11-5-3-6-12-25)30-18-10-16-28(37-30)24-20-32(35)39(22-24)26-13-7-4-8-14-26;/h3-20H,1-2H3;/q-2;+2. The van der Waals surface area contributed by atoms with Gasteiger partial charge >= 0.3 is 21.1 Å². The average molecular weight is 710 g/mol. The summed E-state index contributed by atoms with van der Waals surface area (Å²) in [7, 11) is 0. The monoisotopic (exact) mass is 709 g/mol. The fourth-order valence-corrected chi connectivity index (χ4v) is 4.57. The molecule has 4 heterocycles. The molecule has 4 aromatic heterocycles. The number of aromatic nitrogens is 4. The van der Waals surface area contributed by atoms with E-state index in [4.69, 9.17) is 9.97 Å². The quantitative estimate of drug-likeness (QED) is 0.167. The zero-order valence-electron chi connectivity index (χ0n) is 21.8. The van der Waals surface area contributed by atoms with Crippen molar-refractivity contribution in [3.8, 4) is 33.9 Å². The van der Waals surface area contributed by atoms with Gasteiger partial charge in [0, 0.05) is 28.2 Å². The predicted octanol–water partition coefficient (Wildman–Crippen LogP) is 7.59. The molecule has 0 atom stereocenters. The van der Waals surface area contributed by atoms with Gasteiger partial charge in [0.25, 0.3) is 0 Å². The first-order valence-corrected chi connectivity index (χ1v) is 12.6. The van der Waals surface area contributed by atoms with Crippen molar-refractivity contribution in [2.75, 3.05) is 0 Å². The van der Waals surface area contributed by atoms with Crippen LogP contribution in [0, 0.1) is 24.3 Å². The summed E-state index contributed by atoms with van der Waals surface area (Å²) in [6.45, 7) is 4.06. The van der Waals surface area contributed by atoms with Crippen LogP contribution in [0.15, 0.2) is 109 Å². The maximum atomic E-state index is 14.8. The molecule has 0 aliphatic carbocycles. The molecule has 0 amide bonds. The first-order valence-electron chi connectivity index (χ1n) is 12.6. The molecule has 0 fully saturated rings. The average Bonchev–Trinajstić information content (AvgIpc) is 3.57. The van der Waals surface area contributed by atoms with Gasteiger partial charge in [0.15, 0.2) is 0 Å². The van der Waals surface area contributed by atoms with Crippen molar-refractivity contribution >= 4 is 0 Å². The van der Waals surface area contributed by atoms with Crippen LogP contribution in [0.3, 0.4) is 0 Å². The van der Waals surface area contributed by atoms with Gasteiger partial charge in [-0.2, -0.15) is 0 Å². The maximum absolute atomic E-state index is 14.8. The van der Waals surface area contributed by atoms with Crippen LogP contribution in [0.25, 0.3) is 33.9 Å². The number of halogens is 2. The number of benzene rings is 2. The van der Waals surface area contributed by atoms with E-state index in [9.17, 15) is 8.78 Å². The van der Waals surface area contributed by atoms with Gasteiger partial charge in [-0.1, -0.05) is 108 Å². The zero-order chi connectivity index (χ0) is 27.0. The smallest absolute Gasteiger partial charge is 0.394 e. The fraction of sp³-hybridized carbons (Fsp3) is 0.0909. The third kappa shape index (κ3) is 5.19. The van der Waals surface area contributed by atoms with Gasteiger partial charge in [0.2, 0.25) is 0 Å². The van der Waals surface area contributed by atoms with Crippen LogP contribution >= 0.6 is 0 Å². The molecule has 0 radical (unpaired) electrons. The van der Waals surface area contributed by atoms with Gasteiger partial charge in [0.1, 0.15) is 0 Å². The van der Waals surface area contributed by atoms with Crippen LogP contribution in [-0.4, -0.2) is 19.1 Å². The summed E-state index contributed by atoms with van der Waals surface area (Å²) >= 11 is 0. The van der Waals surface area contributed by atoms with Crippen molar-refractivity contribution in [3.63, 3.8) is 0 Å². The van der Waals surface area contributed by atoms with Crippen LogP contribution in [0.2, 0.25) is 0 Å². The topological polar surface area (TPSA) is 35.6 Å². The van der Waals surface area contributed by atoms with E-state index in [1.165, 1.54) is 21.3 Å². The van der Waals surface area contributed by atoms with Gasteiger partial charge < -0.3 is 9.13 Å². The molecule has 0 spiro atoms. The largest absolute Gasteiger partial charge is 2.00 e. The number of hydrogen-bond acceptors (Lipinski definition) is 2. The Labute approximate surface area is 246 Å². The van der Waals surface area contributed by atoms with Gasteiger partial charge in [-0.3, -0.25) is 9.97 Å². The van der Waals surface area contributed by atoms with E-state index in [0.717, 1.165) is 11.4 Å². The van der Waals surface area contributed by atoms with Gasteiger partial charge in [-0.05, 0) is 49.7 Å². The van der Waals surface area contributed by atoms with Crippen molar-refractivity contribution in [2.24, 2.45) is 0 Å². The summed E-state index contributed by atoms with van der Waals surface area (Å²) in [4.78, 5) is 9.75.